The molecule has 1 N–H and O–H groups in total. The van der Waals surface area contributed by atoms with Crippen molar-refractivity contribution in [3.63, 3.8) is 0 Å². The lowest BCUT2D eigenvalue weighted by Crippen LogP contribution is -2.02. The molecule has 2 nitrogen and oxygen atoms in total. The van der Waals surface area contributed by atoms with Gasteiger partial charge in [-0.1, -0.05) is 37.3 Å². The predicted octanol–water partition coefficient (Wildman–Crippen LogP) is 4.21. The molecule has 4 heteroatoms. The molecule has 0 fully saturated rings. The normalized spacial score (nSPS) is 12.2. The zero-order valence-electron chi connectivity index (χ0n) is 10.9. The highest BCUT2D eigenvalue weighted by atomic mass is 19.2. The number of rotatable bonds is 4. The van der Waals surface area contributed by atoms with Crippen molar-refractivity contribution in [3.8, 4) is 11.1 Å². The van der Waals surface area contributed by atoms with E-state index in [0.29, 0.717) is 5.56 Å². The third-order valence-corrected chi connectivity index (χ3v) is 3.21. The molecule has 0 spiro atoms. The van der Waals surface area contributed by atoms with Gasteiger partial charge in [-0.3, -0.25) is 4.79 Å². The Morgan fingerprint density at radius 1 is 1.05 bits per heavy atom. The number of aliphatic carboxylic acids is 1. The molecule has 0 aliphatic heterocycles. The summed E-state index contributed by atoms with van der Waals surface area (Å²) < 4.78 is 26.1. The summed E-state index contributed by atoms with van der Waals surface area (Å²) in [6.07, 6.45) is 0.0600. The smallest absolute Gasteiger partial charge is 0.303 e. The summed E-state index contributed by atoms with van der Waals surface area (Å²) in [7, 11) is 0. The van der Waals surface area contributed by atoms with Crippen LogP contribution >= 0.6 is 0 Å². The molecule has 0 heterocycles. The Morgan fingerprint density at radius 2 is 1.65 bits per heavy atom. The first kappa shape index (κ1) is 14.2. The fraction of sp³-hybridized carbons (Fsp3) is 0.188. The lowest BCUT2D eigenvalue weighted by atomic mass is 9.95. The van der Waals surface area contributed by atoms with Crippen molar-refractivity contribution in [1.29, 1.82) is 0 Å². The number of carbonyl (C=O) groups is 1. The maximum Gasteiger partial charge on any atom is 0.303 e. The van der Waals surface area contributed by atoms with Crippen molar-refractivity contribution in [2.45, 2.75) is 19.3 Å². The molecule has 20 heavy (non-hydrogen) atoms. The van der Waals surface area contributed by atoms with E-state index < -0.39 is 17.6 Å². The highest BCUT2D eigenvalue weighted by Gasteiger charge is 2.10. The lowest BCUT2D eigenvalue weighted by molar-refractivity contribution is -0.137. The van der Waals surface area contributed by atoms with Crippen molar-refractivity contribution in [2.24, 2.45) is 0 Å². The van der Waals surface area contributed by atoms with Gasteiger partial charge in [0, 0.05) is 0 Å². The molecule has 104 valence electrons. The second-order valence-corrected chi connectivity index (χ2v) is 4.75. The van der Waals surface area contributed by atoms with Crippen molar-refractivity contribution in [3.05, 3.63) is 59.7 Å². The van der Waals surface area contributed by atoms with E-state index in [0.717, 1.165) is 23.3 Å². The molecular weight excluding hydrogens is 262 g/mol. The van der Waals surface area contributed by atoms with Gasteiger partial charge in [-0.2, -0.15) is 0 Å². The molecule has 2 aromatic carbocycles. The summed E-state index contributed by atoms with van der Waals surface area (Å²) in [6, 6.07) is 10.9. The van der Waals surface area contributed by atoms with Crippen molar-refractivity contribution < 1.29 is 18.7 Å². The maximum atomic E-state index is 13.2. The molecule has 0 saturated heterocycles. The maximum absolute atomic E-state index is 13.2. The van der Waals surface area contributed by atoms with Gasteiger partial charge < -0.3 is 5.11 Å². The first-order valence-corrected chi connectivity index (χ1v) is 6.24. The minimum Gasteiger partial charge on any atom is -0.481 e. The minimum absolute atomic E-state index is 0.0600. The Bertz CT molecular complexity index is 621. The molecule has 0 aliphatic carbocycles. The molecule has 1 unspecified atom stereocenters. The van der Waals surface area contributed by atoms with Crippen molar-refractivity contribution in [1.82, 2.24) is 0 Å². The fourth-order valence-electron chi connectivity index (χ4n) is 2.06. The SMILES string of the molecule is CC(CC(=O)O)c1ccc(-c2ccc(F)c(F)c2)cc1. The Kier molecular flexibility index (Phi) is 4.13. The van der Waals surface area contributed by atoms with Gasteiger partial charge in [0.25, 0.3) is 0 Å². The summed E-state index contributed by atoms with van der Waals surface area (Å²) in [4.78, 5) is 10.7. The average molecular weight is 276 g/mol. The van der Waals surface area contributed by atoms with Crippen LogP contribution in [0.15, 0.2) is 42.5 Å². The summed E-state index contributed by atoms with van der Waals surface area (Å²) in [5.74, 6) is -2.69. The lowest BCUT2D eigenvalue weighted by Gasteiger charge is -2.10. The van der Waals surface area contributed by atoms with E-state index in [4.69, 9.17) is 5.11 Å². The van der Waals surface area contributed by atoms with Crippen molar-refractivity contribution in [2.75, 3.05) is 0 Å². The van der Waals surface area contributed by atoms with E-state index in [-0.39, 0.29) is 12.3 Å². The molecule has 2 aromatic rings. The Morgan fingerprint density at radius 3 is 2.20 bits per heavy atom. The number of carboxylic acids is 1. The fourth-order valence-corrected chi connectivity index (χ4v) is 2.06. The first-order valence-electron chi connectivity index (χ1n) is 6.24. The highest BCUT2D eigenvalue weighted by molar-refractivity contribution is 5.68. The summed E-state index contributed by atoms with van der Waals surface area (Å²) >= 11 is 0. The van der Waals surface area contributed by atoms with Gasteiger partial charge in [0.15, 0.2) is 11.6 Å². The largest absolute Gasteiger partial charge is 0.481 e. The van der Waals surface area contributed by atoms with Crippen LogP contribution in [0.25, 0.3) is 11.1 Å². The molecule has 0 aromatic heterocycles. The van der Waals surface area contributed by atoms with Crippen LogP contribution in [0.5, 0.6) is 0 Å². The second-order valence-electron chi connectivity index (χ2n) is 4.75. The molecule has 0 radical (unpaired) electrons. The molecule has 0 aliphatic rings. The number of halogens is 2. The van der Waals surface area contributed by atoms with Gasteiger partial charge in [-0.15, -0.1) is 0 Å². The standard InChI is InChI=1S/C16H14F2O2/c1-10(8-16(19)20)11-2-4-12(5-3-11)13-6-7-14(17)15(18)9-13/h2-7,9-10H,8H2,1H3,(H,19,20). The van der Waals surface area contributed by atoms with Crippen molar-refractivity contribution >= 4 is 5.97 Å². The molecule has 0 amide bonds. The van der Waals surface area contributed by atoms with Gasteiger partial charge in [-0.05, 0) is 34.7 Å². The van der Waals surface area contributed by atoms with Gasteiger partial charge in [0.2, 0.25) is 0 Å². The van der Waals surface area contributed by atoms with Crippen LogP contribution in [0, 0.1) is 11.6 Å². The number of hydrogen-bond acceptors (Lipinski definition) is 1. The molecule has 0 saturated carbocycles. The van der Waals surface area contributed by atoms with E-state index in [1.54, 1.807) is 12.1 Å². The summed E-state index contributed by atoms with van der Waals surface area (Å²) in [5, 5.41) is 8.76. The zero-order chi connectivity index (χ0) is 14.7. The van der Waals surface area contributed by atoms with E-state index in [2.05, 4.69) is 0 Å². The average Bonchev–Trinajstić information content (AvgIpc) is 2.41. The monoisotopic (exact) mass is 276 g/mol. The Hall–Kier alpha value is -2.23. The zero-order valence-corrected chi connectivity index (χ0v) is 10.9. The van der Waals surface area contributed by atoms with Crippen LogP contribution < -0.4 is 0 Å². The Balaban J connectivity index is 2.23. The quantitative estimate of drug-likeness (QED) is 0.908. The van der Waals surface area contributed by atoms with E-state index in [9.17, 15) is 13.6 Å². The highest BCUT2D eigenvalue weighted by Crippen LogP contribution is 2.25. The van der Waals surface area contributed by atoms with Crippen LogP contribution in [0.3, 0.4) is 0 Å². The third kappa shape index (κ3) is 3.20. The van der Waals surface area contributed by atoms with E-state index >= 15 is 0 Å². The number of carboxylic acid groups (broad SMARTS) is 1. The molecule has 2 rings (SSSR count). The molecule has 1 atom stereocenters. The van der Waals surface area contributed by atoms with Gasteiger partial charge >= 0.3 is 5.97 Å². The van der Waals surface area contributed by atoms with Crippen LogP contribution in [-0.4, -0.2) is 11.1 Å². The van der Waals surface area contributed by atoms with Gasteiger partial charge in [-0.25, -0.2) is 8.78 Å². The third-order valence-electron chi connectivity index (χ3n) is 3.21. The number of benzene rings is 2. The number of hydrogen-bond donors (Lipinski definition) is 1. The van der Waals surface area contributed by atoms with Crippen LogP contribution in [0.1, 0.15) is 24.8 Å². The summed E-state index contributed by atoms with van der Waals surface area (Å²) in [5.41, 5.74) is 2.25. The molecule has 0 bridgehead atoms. The predicted molar refractivity (Wildman–Crippen MR) is 72.5 cm³/mol. The molecular formula is C16H14F2O2. The summed E-state index contributed by atoms with van der Waals surface area (Å²) in [6.45, 7) is 1.83. The van der Waals surface area contributed by atoms with Gasteiger partial charge in [0.1, 0.15) is 0 Å². The van der Waals surface area contributed by atoms with Gasteiger partial charge in [0.05, 0.1) is 6.42 Å². The Labute approximate surface area is 115 Å². The minimum atomic E-state index is -0.883. The van der Waals surface area contributed by atoms with E-state index in [1.165, 1.54) is 6.07 Å². The van der Waals surface area contributed by atoms with E-state index in [1.807, 2.05) is 19.1 Å². The first-order chi connectivity index (χ1) is 9.47. The van der Waals surface area contributed by atoms with Crippen LogP contribution in [0.2, 0.25) is 0 Å². The van der Waals surface area contributed by atoms with Crippen LogP contribution in [-0.2, 0) is 4.79 Å². The van der Waals surface area contributed by atoms with Crippen LogP contribution in [0.4, 0.5) is 8.78 Å². The topological polar surface area (TPSA) is 37.3 Å². The second kappa shape index (κ2) is 5.82.